The van der Waals surface area contributed by atoms with Crippen LogP contribution >= 0.6 is 0 Å². The van der Waals surface area contributed by atoms with Gasteiger partial charge in [-0.2, -0.15) is 0 Å². The van der Waals surface area contributed by atoms with Crippen molar-refractivity contribution in [1.29, 1.82) is 0 Å². The molecule has 0 aliphatic carbocycles. The van der Waals surface area contributed by atoms with Crippen LogP contribution in [-0.2, 0) is 0 Å². The normalized spacial score (nSPS) is 11.3. The van der Waals surface area contributed by atoms with Crippen molar-refractivity contribution >= 4 is 32.4 Å². The Morgan fingerprint density at radius 2 is 0.833 bits per heavy atom. The van der Waals surface area contributed by atoms with Crippen LogP contribution in [-0.4, -0.2) is 4.98 Å². The lowest BCUT2D eigenvalue weighted by Gasteiger charge is -2.19. The molecule has 168 valence electrons. The Balaban J connectivity index is 1.62. The smallest absolute Gasteiger partial charge is 0.0792 e. The molecule has 7 aromatic rings. The monoisotopic (exact) mass is 457 g/mol. The number of aromatic nitrogens is 1. The van der Waals surface area contributed by atoms with Gasteiger partial charge in [0.1, 0.15) is 0 Å². The van der Waals surface area contributed by atoms with Crippen LogP contribution in [0.25, 0.3) is 65.8 Å². The molecular weight excluding hydrogens is 434 g/mol. The third-order valence-corrected chi connectivity index (χ3v) is 7.12. The summed E-state index contributed by atoms with van der Waals surface area (Å²) in [5.41, 5.74) is 8.37. The van der Waals surface area contributed by atoms with E-state index in [1.807, 2.05) is 6.20 Å². The van der Waals surface area contributed by atoms with Gasteiger partial charge in [-0.05, 0) is 55.4 Å². The van der Waals surface area contributed by atoms with E-state index in [-0.39, 0.29) is 0 Å². The van der Waals surface area contributed by atoms with Crippen LogP contribution in [0.5, 0.6) is 0 Å². The number of hydrogen-bond acceptors (Lipinski definition) is 1. The molecule has 1 aromatic heterocycles. The minimum absolute atomic E-state index is 1.04. The zero-order chi connectivity index (χ0) is 23.9. The van der Waals surface area contributed by atoms with Crippen molar-refractivity contribution in [1.82, 2.24) is 4.98 Å². The molecule has 0 fully saturated rings. The van der Waals surface area contributed by atoms with Crippen LogP contribution in [0.4, 0.5) is 0 Å². The molecular formula is C35H23N. The summed E-state index contributed by atoms with van der Waals surface area (Å²) >= 11 is 0. The van der Waals surface area contributed by atoms with Gasteiger partial charge in [0.15, 0.2) is 0 Å². The average molecular weight is 458 g/mol. The number of rotatable bonds is 3. The largest absolute Gasteiger partial charge is 0.256 e. The Labute approximate surface area is 210 Å². The van der Waals surface area contributed by atoms with Crippen LogP contribution in [0, 0.1) is 0 Å². The molecule has 0 radical (unpaired) electrons. The van der Waals surface area contributed by atoms with Gasteiger partial charge in [0, 0.05) is 17.1 Å². The predicted molar refractivity (Wildman–Crippen MR) is 153 cm³/mol. The quantitative estimate of drug-likeness (QED) is 0.241. The molecule has 0 amide bonds. The van der Waals surface area contributed by atoms with Crippen LogP contribution in [0.2, 0.25) is 0 Å². The molecule has 0 N–H and O–H groups in total. The van der Waals surface area contributed by atoms with E-state index in [0.29, 0.717) is 0 Å². The molecule has 7 rings (SSSR count). The average Bonchev–Trinajstić information content (AvgIpc) is 2.96. The molecule has 36 heavy (non-hydrogen) atoms. The second-order valence-electron chi connectivity index (χ2n) is 9.13. The Bertz CT molecular complexity index is 1810. The number of fused-ring (bicyclic) bond motifs is 3. The van der Waals surface area contributed by atoms with Crippen LogP contribution < -0.4 is 0 Å². The van der Waals surface area contributed by atoms with Crippen molar-refractivity contribution in [2.45, 2.75) is 0 Å². The first kappa shape index (κ1) is 20.6. The van der Waals surface area contributed by atoms with Gasteiger partial charge in [0.05, 0.1) is 5.52 Å². The zero-order valence-corrected chi connectivity index (χ0v) is 19.7. The lowest BCUT2D eigenvalue weighted by Crippen LogP contribution is -1.93. The number of nitrogens with zero attached hydrogens (tertiary/aromatic N) is 1. The summed E-state index contributed by atoms with van der Waals surface area (Å²) in [6.45, 7) is 0. The Hall–Kier alpha value is -4.75. The van der Waals surface area contributed by atoms with E-state index >= 15 is 0 Å². The summed E-state index contributed by atoms with van der Waals surface area (Å²) in [4.78, 5) is 4.94. The van der Waals surface area contributed by atoms with Crippen molar-refractivity contribution in [2.24, 2.45) is 0 Å². The summed E-state index contributed by atoms with van der Waals surface area (Å²) in [5, 5.41) is 6.15. The topological polar surface area (TPSA) is 12.9 Å². The van der Waals surface area contributed by atoms with E-state index in [4.69, 9.17) is 4.98 Å². The summed E-state index contributed by atoms with van der Waals surface area (Å²) in [6, 6.07) is 47.6. The highest BCUT2D eigenvalue weighted by Crippen LogP contribution is 2.45. The van der Waals surface area contributed by atoms with Crippen LogP contribution in [0.15, 0.2) is 140 Å². The van der Waals surface area contributed by atoms with Gasteiger partial charge in [-0.15, -0.1) is 0 Å². The fraction of sp³-hybridized carbons (Fsp3) is 0. The van der Waals surface area contributed by atoms with Gasteiger partial charge in [0.2, 0.25) is 0 Å². The standard InChI is InChI=1S/C35H23N/c1-3-12-24(13-4-1)26-21-22-31(28-17-8-7-16-27(26)28)34-30-19-10-9-18-29(30)33(25-14-5-2-6-15-25)35-32(34)20-11-23-36-35/h1-23H. The maximum atomic E-state index is 4.94. The Morgan fingerprint density at radius 3 is 1.53 bits per heavy atom. The molecule has 0 spiro atoms. The van der Waals surface area contributed by atoms with Crippen molar-refractivity contribution < 1.29 is 0 Å². The summed E-state index contributed by atoms with van der Waals surface area (Å²) in [6.07, 6.45) is 1.91. The molecule has 0 unspecified atom stereocenters. The van der Waals surface area contributed by atoms with Gasteiger partial charge < -0.3 is 0 Å². The molecule has 0 atom stereocenters. The van der Waals surface area contributed by atoms with Crippen molar-refractivity contribution in [3.63, 3.8) is 0 Å². The minimum Gasteiger partial charge on any atom is -0.256 e. The predicted octanol–water partition coefficient (Wildman–Crippen LogP) is 9.54. The molecule has 1 heteroatoms. The van der Waals surface area contributed by atoms with Gasteiger partial charge in [-0.25, -0.2) is 0 Å². The minimum atomic E-state index is 1.04. The van der Waals surface area contributed by atoms with E-state index in [1.54, 1.807) is 0 Å². The second kappa shape index (κ2) is 8.48. The van der Waals surface area contributed by atoms with E-state index < -0.39 is 0 Å². The SMILES string of the molecule is c1ccc(-c2ccc(-c3c4ccccc4c(-c4ccccc4)c4ncccc34)c3ccccc23)cc1. The Kier molecular flexibility index (Phi) is 4.85. The second-order valence-corrected chi connectivity index (χ2v) is 9.13. The van der Waals surface area contributed by atoms with Crippen molar-refractivity contribution in [3.05, 3.63) is 140 Å². The molecule has 0 bridgehead atoms. The summed E-state index contributed by atoms with van der Waals surface area (Å²) < 4.78 is 0. The van der Waals surface area contributed by atoms with Crippen molar-refractivity contribution in [3.8, 4) is 33.4 Å². The van der Waals surface area contributed by atoms with E-state index in [0.717, 1.165) is 5.52 Å². The highest BCUT2D eigenvalue weighted by atomic mass is 14.7. The zero-order valence-electron chi connectivity index (χ0n) is 19.7. The highest BCUT2D eigenvalue weighted by molar-refractivity contribution is 6.23. The van der Waals surface area contributed by atoms with E-state index in [1.165, 1.54) is 60.3 Å². The highest BCUT2D eigenvalue weighted by Gasteiger charge is 2.19. The van der Waals surface area contributed by atoms with Gasteiger partial charge in [0.25, 0.3) is 0 Å². The first-order chi connectivity index (χ1) is 17.9. The molecule has 0 saturated carbocycles. The number of benzene rings is 6. The van der Waals surface area contributed by atoms with Crippen LogP contribution in [0.1, 0.15) is 0 Å². The van der Waals surface area contributed by atoms with Gasteiger partial charge >= 0.3 is 0 Å². The number of hydrogen-bond donors (Lipinski definition) is 0. The molecule has 0 aliphatic rings. The van der Waals surface area contributed by atoms with E-state index in [2.05, 4.69) is 133 Å². The molecule has 6 aromatic carbocycles. The lowest BCUT2D eigenvalue weighted by molar-refractivity contribution is 1.42. The fourth-order valence-electron chi connectivity index (χ4n) is 5.57. The third kappa shape index (κ3) is 3.21. The van der Waals surface area contributed by atoms with Crippen LogP contribution in [0.3, 0.4) is 0 Å². The Morgan fingerprint density at radius 1 is 0.333 bits per heavy atom. The van der Waals surface area contributed by atoms with Gasteiger partial charge in [-0.1, -0.05) is 127 Å². The van der Waals surface area contributed by atoms with E-state index in [9.17, 15) is 0 Å². The fourth-order valence-corrected chi connectivity index (χ4v) is 5.57. The summed E-state index contributed by atoms with van der Waals surface area (Å²) in [5.74, 6) is 0. The third-order valence-electron chi connectivity index (χ3n) is 7.12. The first-order valence-electron chi connectivity index (χ1n) is 12.3. The first-order valence-corrected chi connectivity index (χ1v) is 12.3. The molecule has 0 aliphatic heterocycles. The number of pyridine rings is 1. The maximum absolute atomic E-state index is 4.94. The lowest BCUT2D eigenvalue weighted by atomic mass is 9.85. The molecule has 1 nitrogen and oxygen atoms in total. The van der Waals surface area contributed by atoms with Gasteiger partial charge in [-0.3, -0.25) is 4.98 Å². The van der Waals surface area contributed by atoms with Crippen molar-refractivity contribution in [2.75, 3.05) is 0 Å². The molecule has 1 heterocycles. The summed E-state index contributed by atoms with van der Waals surface area (Å²) in [7, 11) is 0. The molecule has 0 saturated heterocycles. The maximum Gasteiger partial charge on any atom is 0.0792 e.